The molecule has 0 aromatic heterocycles. The SMILES string of the molecule is COC(=O)CCNCCC(=O)N1CCCC1. The molecular formula is C11H20N2O3. The fourth-order valence-electron chi connectivity index (χ4n) is 1.74. The minimum Gasteiger partial charge on any atom is -0.469 e. The van der Waals surface area contributed by atoms with Crippen LogP contribution in [0.4, 0.5) is 0 Å². The molecule has 1 aliphatic heterocycles. The van der Waals surface area contributed by atoms with Gasteiger partial charge in [0.2, 0.25) is 5.91 Å². The molecule has 0 radical (unpaired) electrons. The molecule has 1 rings (SSSR count). The van der Waals surface area contributed by atoms with Crippen LogP contribution in [0.25, 0.3) is 0 Å². The first kappa shape index (κ1) is 13.0. The number of carbonyl (C=O) groups excluding carboxylic acids is 2. The lowest BCUT2D eigenvalue weighted by atomic mass is 10.3. The number of likely N-dealkylation sites (tertiary alicyclic amines) is 1. The number of ether oxygens (including phenoxy) is 1. The zero-order valence-corrected chi connectivity index (χ0v) is 9.83. The number of carbonyl (C=O) groups is 2. The molecule has 0 bridgehead atoms. The van der Waals surface area contributed by atoms with E-state index in [-0.39, 0.29) is 11.9 Å². The third kappa shape index (κ3) is 4.61. The van der Waals surface area contributed by atoms with Gasteiger partial charge in [-0.15, -0.1) is 0 Å². The summed E-state index contributed by atoms with van der Waals surface area (Å²) in [4.78, 5) is 24.3. The zero-order valence-electron chi connectivity index (χ0n) is 9.83. The molecule has 5 heteroatoms. The lowest BCUT2D eigenvalue weighted by Crippen LogP contribution is -2.31. The lowest BCUT2D eigenvalue weighted by Gasteiger charge is -2.14. The minimum absolute atomic E-state index is 0.211. The average molecular weight is 228 g/mol. The van der Waals surface area contributed by atoms with E-state index in [4.69, 9.17) is 0 Å². The monoisotopic (exact) mass is 228 g/mol. The summed E-state index contributed by atoms with van der Waals surface area (Å²) >= 11 is 0. The van der Waals surface area contributed by atoms with Crippen molar-refractivity contribution >= 4 is 11.9 Å². The van der Waals surface area contributed by atoms with E-state index in [0.29, 0.717) is 25.9 Å². The maximum atomic E-state index is 11.6. The van der Waals surface area contributed by atoms with Crippen molar-refractivity contribution in [3.8, 4) is 0 Å². The molecule has 1 heterocycles. The van der Waals surface area contributed by atoms with Gasteiger partial charge in [0.1, 0.15) is 0 Å². The van der Waals surface area contributed by atoms with Gasteiger partial charge < -0.3 is 15.0 Å². The van der Waals surface area contributed by atoms with Crippen molar-refractivity contribution in [2.45, 2.75) is 25.7 Å². The van der Waals surface area contributed by atoms with Gasteiger partial charge in [0.15, 0.2) is 0 Å². The van der Waals surface area contributed by atoms with Gasteiger partial charge in [-0.05, 0) is 12.8 Å². The Morgan fingerprint density at radius 2 is 1.81 bits per heavy atom. The summed E-state index contributed by atoms with van der Waals surface area (Å²) in [5.74, 6) is -0.0126. The summed E-state index contributed by atoms with van der Waals surface area (Å²) in [6.45, 7) is 3.01. The van der Waals surface area contributed by atoms with Gasteiger partial charge in [-0.1, -0.05) is 0 Å². The molecule has 0 atom stereocenters. The molecule has 16 heavy (non-hydrogen) atoms. The summed E-state index contributed by atoms with van der Waals surface area (Å²) in [5.41, 5.74) is 0. The number of nitrogens with one attached hydrogen (secondary N) is 1. The van der Waals surface area contributed by atoms with Crippen molar-refractivity contribution in [2.75, 3.05) is 33.3 Å². The van der Waals surface area contributed by atoms with Crippen LogP contribution in [0.5, 0.6) is 0 Å². The van der Waals surface area contributed by atoms with Crippen LogP contribution in [0.3, 0.4) is 0 Å². The second-order valence-corrected chi connectivity index (χ2v) is 3.91. The molecule has 92 valence electrons. The Hall–Kier alpha value is -1.10. The molecule has 1 fully saturated rings. The highest BCUT2D eigenvalue weighted by molar-refractivity contribution is 5.76. The van der Waals surface area contributed by atoms with Crippen LogP contribution in [-0.4, -0.2) is 50.1 Å². The standard InChI is InChI=1S/C11H20N2O3/c1-16-11(15)5-7-12-6-4-10(14)13-8-2-3-9-13/h12H,2-9H2,1H3. The van der Waals surface area contributed by atoms with E-state index in [1.54, 1.807) is 0 Å². The fraction of sp³-hybridized carbons (Fsp3) is 0.818. The number of nitrogens with zero attached hydrogens (tertiary/aromatic N) is 1. The molecule has 5 nitrogen and oxygen atoms in total. The maximum Gasteiger partial charge on any atom is 0.306 e. The van der Waals surface area contributed by atoms with Crippen molar-refractivity contribution in [1.29, 1.82) is 0 Å². The van der Waals surface area contributed by atoms with Crippen LogP contribution in [0, 0.1) is 0 Å². The highest BCUT2D eigenvalue weighted by atomic mass is 16.5. The number of hydrogen-bond donors (Lipinski definition) is 1. The van der Waals surface area contributed by atoms with Gasteiger partial charge in [0.25, 0.3) is 0 Å². The topological polar surface area (TPSA) is 58.6 Å². The van der Waals surface area contributed by atoms with Crippen LogP contribution in [0.2, 0.25) is 0 Å². The molecule has 0 saturated carbocycles. The normalized spacial score (nSPS) is 15.2. The number of rotatable bonds is 6. The Morgan fingerprint density at radius 1 is 1.19 bits per heavy atom. The molecule has 1 aliphatic rings. The zero-order chi connectivity index (χ0) is 11.8. The van der Waals surface area contributed by atoms with E-state index in [1.807, 2.05) is 4.90 Å². The number of amides is 1. The van der Waals surface area contributed by atoms with Crippen molar-refractivity contribution in [3.63, 3.8) is 0 Å². The van der Waals surface area contributed by atoms with E-state index < -0.39 is 0 Å². The molecule has 0 aromatic carbocycles. The van der Waals surface area contributed by atoms with E-state index >= 15 is 0 Å². The van der Waals surface area contributed by atoms with Crippen LogP contribution in [0.1, 0.15) is 25.7 Å². The number of esters is 1. The largest absolute Gasteiger partial charge is 0.469 e. The summed E-state index contributed by atoms with van der Waals surface area (Å²) in [5, 5.41) is 3.06. The Bertz CT molecular complexity index is 237. The first-order valence-corrected chi connectivity index (χ1v) is 5.79. The second kappa shape index (κ2) is 7.22. The van der Waals surface area contributed by atoms with Crippen molar-refractivity contribution in [2.24, 2.45) is 0 Å². The average Bonchev–Trinajstić information content (AvgIpc) is 2.81. The van der Waals surface area contributed by atoms with Gasteiger partial charge in [-0.3, -0.25) is 9.59 Å². The predicted molar refractivity (Wildman–Crippen MR) is 59.9 cm³/mol. The van der Waals surface area contributed by atoms with Gasteiger partial charge >= 0.3 is 5.97 Å². The van der Waals surface area contributed by atoms with Crippen LogP contribution in [0.15, 0.2) is 0 Å². The first-order valence-electron chi connectivity index (χ1n) is 5.79. The van der Waals surface area contributed by atoms with E-state index in [2.05, 4.69) is 10.1 Å². The smallest absolute Gasteiger partial charge is 0.306 e. The Morgan fingerprint density at radius 3 is 2.44 bits per heavy atom. The van der Waals surface area contributed by atoms with Crippen molar-refractivity contribution in [1.82, 2.24) is 10.2 Å². The Balaban J connectivity index is 1.98. The van der Waals surface area contributed by atoms with Crippen molar-refractivity contribution in [3.05, 3.63) is 0 Å². The summed E-state index contributed by atoms with van der Waals surface area (Å²) in [6, 6.07) is 0. The molecule has 0 aliphatic carbocycles. The van der Waals surface area contributed by atoms with Crippen LogP contribution >= 0.6 is 0 Å². The van der Waals surface area contributed by atoms with E-state index in [1.165, 1.54) is 7.11 Å². The van der Waals surface area contributed by atoms with Gasteiger partial charge in [-0.2, -0.15) is 0 Å². The summed E-state index contributed by atoms with van der Waals surface area (Å²) in [7, 11) is 1.37. The summed E-state index contributed by atoms with van der Waals surface area (Å²) < 4.78 is 4.51. The van der Waals surface area contributed by atoms with Gasteiger partial charge in [-0.25, -0.2) is 0 Å². The third-order valence-corrected chi connectivity index (χ3v) is 2.71. The number of methoxy groups -OCH3 is 1. The summed E-state index contributed by atoms with van der Waals surface area (Å²) in [6.07, 6.45) is 3.12. The molecule has 1 amide bonds. The lowest BCUT2D eigenvalue weighted by molar-refractivity contribution is -0.140. The highest BCUT2D eigenvalue weighted by Gasteiger charge is 2.16. The Kier molecular flexibility index (Phi) is 5.85. The van der Waals surface area contributed by atoms with Crippen molar-refractivity contribution < 1.29 is 14.3 Å². The van der Waals surface area contributed by atoms with E-state index in [9.17, 15) is 9.59 Å². The molecule has 0 aromatic rings. The second-order valence-electron chi connectivity index (χ2n) is 3.91. The maximum absolute atomic E-state index is 11.6. The quantitative estimate of drug-likeness (QED) is 0.519. The molecule has 1 saturated heterocycles. The molecule has 1 N–H and O–H groups in total. The molecular weight excluding hydrogens is 208 g/mol. The fourth-order valence-corrected chi connectivity index (χ4v) is 1.74. The minimum atomic E-state index is -0.224. The Labute approximate surface area is 96.1 Å². The third-order valence-electron chi connectivity index (χ3n) is 2.71. The highest BCUT2D eigenvalue weighted by Crippen LogP contribution is 2.08. The van der Waals surface area contributed by atoms with Crippen LogP contribution < -0.4 is 5.32 Å². The molecule has 0 spiro atoms. The van der Waals surface area contributed by atoms with Crippen LogP contribution in [-0.2, 0) is 14.3 Å². The predicted octanol–water partition coefficient (Wildman–Crippen LogP) is 0.152. The van der Waals surface area contributed by atoms with E-state index in [0.717, 1.165) is 25.9 Å². The number of hydrogen-bond acceptors (Lipinski definition) is 4. The molecule has 0 unspecified atom stereocenters. The first-order chi connectivity index (χ1) is 7.74. The van der Waals surface area contributed by atoms with Gasteiger partial charge in [0.05, 0.1) is 13.5 Å². The van der Waals surface area contributed by atoms with Gasteiger partial charge in [0, 0.05) is 32.6 Å².